The molecule has 0 aliphatic heterocycles. The zero-order valence-electron chi connectivity index (χ0n) is 13.3. The highest BCUT2D eigenvalue weighted by molar-refractivity contribution is 7.89. The van der Waals surface area contributed by atoms with Gasteiger partial charge in [-0.05, 0) is 26.9 Å². The summed E-state index contributed by atoms with van der Waals surface area (Å²) in [4.78, 5) is 2.37. The standard InChI is InChI=1S/C13H26N4O3S/c1-5-16(6-2)8-7-14-21(19,20)13-11(3)15-17(9-10-18)12(13)4/h14,18H,5-10H2,1-4H3. The number of aliphatic hydroxyl groups excluding tert-OH is 1. The van der Waals surface area contributed by atoms with E-state index in [2.05, 4.69) is 14.7 Å². The summed E-state index contributed by atoms with van der Waals surface area (Å²) < 4.78 is 29.0. The van der Waals surface area contributed by atoms with E-state index in [4.69, 9.17) is 5.11 Å². The molecule has 1 heterocycles. The first kappa shape index (κ1) is 18.1. The minimum atomic E-state index is -3.57. The molecule has 0 amide bonds. The molecule has 0 spiro atoms. The molecular formula is C13H26N4O3S. The average Bonchev–Trinajstić information content (AvgIpc) is 2.70. The predicted molar refractivity (Wildman–Crippen MR) is 81.8 cm³/mol. The van der Waals surface area contributed by atoms with E-state index >= 15 is 0 Å². The van der Waals surface area contributed by atoms with Crippen LogP contribution in [-0.4, -0.2) is 61.0 Å². The lowest BCUT2D eigenvalue weighted by molar-refractivity contribution is 0.267. The van der Waals surface area contributed by atoms with Gasteiger partial charge in [-0.3, -0.25) is 4.68 Å². The number of sulfonamides is 1. The fourth-order valence-corrected chi connectivity index (χ4v) is 3.76. The third-order valence-corrected chi connectivity index (χ3v) is 5.22. The van der Waals surface area contributed by atoms with Crippen molar-refractivity contribution in [1.82, 2.24) is 19.4 Å². The van der Waals surface area contributed by atoms with Crippen LogP contribution in [-0.2, 0) is 16.6 Å². The molecule has 0 fully saturated rings. The lowest BCUT2D eigenvalue weighted by Crippen LogP contribution is -2.35. The summed E-state index contributed by atoms with van der Waals surface area (Å²) in [6, 6.07) is 0. The Balaban J connectivity index is 2.83. The minimum absolute atomic E-state index is 0.0726. The van der Waals surface area contributed by atoms with Gasteiger partial charge in [-0.25, -0.2) is 13.1 Å². The Morgan fingerprint density at radius 1 is 1.29 bits per heavy atom. The van der Waals surface area contributed by atoms with Crippen molar-refractivity contribution in [2.24, 2.45) is 0 Å². The molecule has 0 aliphatic carbocycles. The summed E-state index contributed by atoms with van der Waals surface area (Å²) in [5.74, 6) is 0. The highest BCUT2D eigenvalue weighted by atomic mass is 32.2. The first-order valence-corrected chi connectivity index (χ1v) is 8.72. The van der Waals surface area contributed by atoms with Crippen LogP contribution in [0.5, 0.6) is 0 Å². The number of aromatic nitrogens is 2. The topological polar surface area (TPSA) is 87.5 Å². The maximum Gasteiger partial charge on any atom is 0.244 e. The van der Waals surface area contributed by atoms with E-state index in [0.29, 0.717) is 31.0 Å². The molecule has 1 aromatic heterocycles. The second-order valence-electron chi connectivity index (χ2n) is 4.87. The highest BCUT2D eigenvalue weighted by Gasteiger charge is 2.24. The van der Waals surface area contributed by atoms with E-state index in [1.54, 1.807) is 13.8 Å². The maximum atomic E-state index is 12.4. The van der Waals surface area contributed by atoms with Crippen molar-refractivity contribution < 1.29 is 13.5 Å². The summed E-state index contributed by atoms with van der Waals surface area (Å²) in [7, 11) is -3.57. The Hall–Kier alpha value is -0.960. The smallest absolute Gasteiger partial charge is 0.244 e. The number of aryl methyl sites for hydroxylation is 1. The van der Waals surface area contributed by atoms with Gasteiger partial charge in [-0.2, -0.15) is 5.10 Å². The number of hydrogen-bond donors (Lipinski definition) is 2. The lowest BCUT2D eigenvalue weighted by atomic mass is 10.4. The Morgan fingerprint density at radius 2 is 1.90 bits per heavy atom. The van der Waals surface area contributed by atoms with Crippen LogP contribution in [0.3, 0.4) is 0 Å². The van der Waals surface area contributed by atoms with Gasteiger partial charge in [0.1, 0.15) is 4.90 Å². The van der Waals surface area contributed by atoms with E-state index in [0.717, 1.165) is 13.1 Å². The fraction of sp³-hybridized carbons (Fsp3) is 0.769. The molecular weight excluding hydrogens is 292 g/mol. The molecule has 2 N–H and O–H groups in total. The van der Waals surface area contributed by atoms with Crippen molar-refractivity contribution in [3.8, 4) is 0 Å². The normalized spacial score (nSPS) is 12.3. The number of likely N-dealkylation sites (N-methyl/N-ethyl adjacent to an activating group) is 1. The lowest BCUT2D eigenvalue weighted by Gasteiger charge is -2.18. The third-order valence-electron chi connectivity index (χ3n) is 3.51. The zero-order valence-corrected chi connectivity index (χ0v) is 14.1. The van der Waals surface area contributed by atoms with E-state index in [1.807, 2.05) is 13.8 Å². The van der Waals surface area contributed by atoms with Gasteiger partial charge in [0.05, 0.1) is 24.5 Å². The van der Waals surface area contributed by atoms with Crippen LogP contribution in [0.2, 0.25) is 0 Å². The quantitative estimate of drug-likeness (QED) is 0.675. The van der Waals surface area contributed by atoms with Crippen LogP contribution >= 0.6 is 0 Å². The first-order valence-electron chi connectivity index (χ1n) is 7.24. The van der Waals surface area contributed by atoms with Crippen LogP contribution in [0.15, 0.2) is 4.90 Å². The van der Waals surface area contributed by atoms with Gasteiger partial charge in [-0.1, -0.05) is 13.8 Å². The summed E-state index contributed by atoms with van der Waals surface area (Å²) in [6.45, 7) is 10.5. The third kappa shape index (κ3) is 4.50. The van der Waals surface area contributed by atoms with Crippen molar-refractivity contribution in [3.63, 3.8) is 0 Å². The van der Waals surface area contributed by atoms with Gasteiger partial charge in [0.15, 0.2) is 0 Å². The molecule has 0 radical (unpaired) electrons. The molecule has 0 aromatic carbocycles. The Labute approximate surface area is 127 Å². The largest absolute Gasteiger partial charge is 0.394 e. The summed E-state index contributed by atoms with van der Waals surface area (Å²) in [5, 5.41) is 13.1. The minimum Gasteiger partial charge on any atom is -0.394 e. The van der Waals surface area contributed by atoms with Crippen LogP contribution in [0.25, 0.3) is 0 Å². The second-order valence-corrected chi connectivity index (χ2v) is 6.58. The molecule has 122 valence electrons. The molecule has 0 bridgehead atoms. The first-order chi connectivity index (χ1) is 9.87. The molecule has 0 saturated heterocycles. The van der Waals surface area contributed by atoms with Crippen molar-refractivity contribution in [1.29, 1.82) is 0 Å². The van der Waals surface area contributed by atoms with Gasteiger partial charge in [0, 0.05) is 13.1 Å². The van der Waals surface area contributed by atoms with E-state index in [1.165, 1.54) is 4.68 Å². The number of rotatable bonds is 9. The van der Waals surface area contributed by atoms with Gasteiger partial charge in [-0.15, -0.1) is 0 Å². The van der Waals surface area contributed by atoms with Crippen molar-refractivity contribution in [3.05, 3.63) is 11.4 Å². The highest BCUT2D eigenvalue weighted by Crippen LogP contribution is 2.18. The number of nitrogens with zero attached hydrogens (tertiary/aromatic N) is 3. The van der Waals surface area contributed by atoms with E-state index in [-0.39, 0.29) is 11.5 Å². The molecule has 8 heteroatoms. The van der Waals surface area contributed by atoms with Crippen molar-refractivity contribution in [2.75, 3.05) is 32.8 Å². The Morgan fingerprint density at radius 3 is 2.43 bits per heavy atom. The number of nitrogens with one attached hydrogen (secondary N) is 1. The summed E-state index contributed by atoms with van der Waals surface area (Å²) >= 11 is 0. The van der Waals surface area contributed by atoms with Crippen LogP contribution < -0.4 is 4.72 Å². The second kappa shape index (κ2) is 7.88. The van der Waals surface area contributed by atoms with Crippen LogP contribution in [0, 0.1) is 13.8 Å². The SMILES string of the molecule is CCN(CC)CCNS(=O)(=O)c1c(C)nn(CCO)c1C. The van der Waals surface area contributed by atoms with Gasteiger partial charge in [0.25, 0.3) is 0 Å². The molecule has 7 nitrogen and oxygen atoms in total. The average molecular weight is 318 g/mol. The molecule has 0 unspecified atom stereocenters. The van der Waals surface area contributed by atoms with E-state index in [9.17, 15) is 8.42 Å². The molecule has 1 aromatic rings. The Bertz CT molecular complexity index is 550. The molecule has 21 heavy (non-hydrogen) atoms. The Kier molecular flexibility index (Phi) is 6.79. The predicted octanol–water partition coefficient (Wildman–Crippen LogP) is 0.112. The number of hydrogen-bond acceptors (Lipinski definition) is 5. The fourth-order valence-electron chi connectivity index (χ4n) is 2.33. The summed E-state index contributed by atoms with van der Waals surface area (Å²) in [5.41, 5.74) is 1.01. The molecule has 0 saturated carbocycles. The van der Waals surface area contributed by atoms with Crippen molar-refractivity contribution in [2.45, 2.75) is 39.1 Å². The zero-order chi connectivity index (χ0) is 16.0. The molecule has 0 aliphatic rings. The monoisotopic (exact) mass is 318 g/mol. The molecule has 1 rings (SSSR count). The van der Waals surface area contributed by atoms with Gasteiger partial charge in [0.2, 0.25) is 10.0 Å². The number of aliphatic hydroxyl groups is 1. The molecule has 0 atom stereocenters. The summed E-state index contributed by atoms with van der Waals surface area (Å²) in [6.07, 6.45) is 0. The van der Waals surface area contributed by atoms with Gasteiger partial charge >= 0.3 is 0 Å². The van der Waals surface area contributed by atoms with Crippen molar-refractivity contribution >= 4 is 10.0 Å². The van der Waals surface area contributed by atoms with E-state index < -0.39 is 10.0 Å². The van der Waals surface area contributed by atoms with Crippen LogP contribution in [0.1, 0.15) is 25.2 Å². The van der Waals surface area contributed by atoms with Crippen LogP contribution in [0.4, 0.5) is 0 Å². The van der Waals surface area contributed by atoms with Gasteiger partial charge < -0.3 is 10.0 Å². The maximum absolute atomic E-state index is 12.4.